The number of aromatic nitrogens is 5. The molecule has 1 atom stereocenters. The molecule has 3 aromatic heterocycles. The molecule has 0 aliphatic rings. The molecular formula is C28H30N8. The van der Waals surface area contributed by atoms with Gasteiger partial charge in [0.15, 0.2) is 0 Å². The summed E-state index contributed by atoms with van der Waals surface area (Å²) in [4.78, 5) is 20.7. The fraction of sp³-hybridized carbons (Fsp3) is 0.214. The third kappa shape index (κ3) is 5.04. The van der Waals surface area contributed by atoms with Crippen molar-refractivity contribution in [3.05, 3.63) is 96.4 Å². The van der Waals surface area contributed by atoms with E-state index in [1.807, 2.05) is 65.0 Å². The van der Waals surface area contributed by atoms with Gasteiger partial charge in [0.25, 0.3) is 0 Å². The Balaban J connectivity index is 1.41. The van der Waals surface area contributed by atoms with Crippen molar-refractivity contribution in [3.8, 4) is 11.3 Å². The minimum Gasteiger partial charge on any atom is -0.351 e. The first kappa shape index (κ1) is 23.4. The van der Waals surface area contributed by atoms with E-state index in [4.69, 9.17) is 15.7 Å². The van der Waals surface area contributed by atoms with Gasteiger partial charge < -0.3 is 11.1 Å². The van der Waals surface area contributed by atoms with Crippen molar-refractivity contribution in [2.24, 2.45) is 5.73 Å². The standard InChI is InChI=1S/C28H30N8/c1-3-23(17-20-8-7-9-21(16-20)19-29)32-27-31-13-12-25(34-27)35(2)28-33-24(22-10-5-4-6-11-22)18-26-30-14-15-36(26)28/h4-16,18,23H,3,17,19,29H2,1-2H3,(H,31,32,34). The summed E-state index contributed by atoms with van der Waals surface area (Å²) in [7, 11) is 1.96. The van der Waals surface area contributed by atoms with Crippen LogP contribution in [0.3, 0.4) is 0 Å². The molecule has 1 unspecified atom stereocenters. The fourth-order valence-electron chi connectivity index (χ4n) is 4.26. The van der Waals surface area contributed by atoms with Crippen LogP contribution in [0.15, 0.2) is 85.3 Å². The number of hydrogen-bond acceptors (Lipinski definition) is 7. The zero-order chi connectivity index (χ0) is 24.9. The van der Waals surface area contributed by atoms with Gasteiger partial charge >= 0.3 is 0 Å². The summed E-state index contributed by atoms with van der Waals surface area (Å²) < 4.78 is 1.96. The molecule has 8 nitrogen and oxygen atoms in total. The van der Waals surface area contributed by atoms with E-state index in [2.05, 4.69) is 46.5 Å². The predicted octanol–water partition coefficient (Wildman–Crippen LogP) is 4.85. The predicted molar refractivity (Wildman–Crippen MR) is 144 cm³/mol. The largest absolute Gasteiger partial charge is 0.351 e. The third-order valence-corrected chi connectivity index (χ3v) is 6.26. The van der Waals surface area contributed by atoms with Crippen LogP contribution >= 0.6 is 0 Å². The molecule has 0 radical (unpaired) electrons. The average molecular weight is 479 g/mol. The Hall–Kier alpha value is -4.30. The number of rotatable bonds is 9. The maximum atomic E-state index is 5.82. The first-order valence-electron chi connectivity index (χ1n) is 12.2. The normalized spacial score (nSPS) is 12.0. The number of nitrogens with two attached hydrogens (primary N) is 1. The van der Waals surface area contributed by atoms with E-state index in [0.29, 0.717) is 12.5 Å². The van der Waals surface area contributed by atoms with Gasteiger partial charge in [-0.2, -0.15) is 4.98 Å². The van der Waals surface area contributed by atoms with Crippen LogP contribution in [0, 0.1) is 0 Å². The van der Waals surface area contributed by atoms with E-state index in [1.54, 1.807) is 12.4 Å². The third-order valence-electron chi connectivity index (χ3n) is 6.26. The van der Waals surface area contributed by atoms with Crippen molar-refractivity contribution in [1.82, 2.24) is 24.3 Å². The summed E-state index contributed by atoms with van der Waals surface area (Å²) in [5.74, 6) is 2.04. The molecule has 3 heterocycles. The molecule has 0 fully saturated rings. The minimum absolute atomic E-state index is 0.193. The van der Waals surface area contributed by atoms with Gasteiger partial charge in [0, 0.05) is 49.9 Å². The van der Waals surface area contributed by atoms with E-state index < -0.39 is 0 Å². The lowest BCUT2D eigenvalue weighted by Gasteiger charge is -2.21. The zero-order valence-electron chi connectivity index (χ0n) is 20.5. The minimum atomic E-state index is 0.193. The van der Waals surface area contributed by atoms with E-state index in [1.165, 1.54) is 5.56 Å². The number of benzene rings is 2. The van der Waals surface area contributed by atoms with Crippen molar-refractivity contribution < 1.29 is 0 Å². The SMILES string of the molecule is CCC(Cc1cccc(CN)c1)Nc1nccc(N(C)c2nc(-c3ccccc3)cc3nccn23)n1. The number of nitrogens with one attached hydrogen (secondary N) is 1. The van der Waals surface area contributed by atoms with E-state index >= 15 is 0 Å². The molecule has 0 saturated heterocycles. The molecule has 2 aromatic carbocycles. The van der Waals surface area contributed by atoms with Crippen LogP contribution < -0.4 is 16.0 Å². The van der Waals surface area contributed by atoms with Gasteiger partial charge in [0.1, 0.15) is 11.5 Å². The first-order valence-corrected chi connectivity index (χ1v) is 12.2. The van der Waals surface area contributed by atoms with Gasteiger partial charge in [0.05, 0.1) is 5.69 Å². The van der Waals surface area contributed by atoms with Crippen LogP contribution in [0.4, 0.5) is 17.7 Å². The maximum Gasteiger partial charge on any atom is 0.224 e. The van der Waals surface area contributed by atoms with Crippen molar-refractivity contribution in [3.63, 3.8) is 0 Å². The van der Waals surface area contributed by atoms with Crippen molar-refractivity contribution in [1.29, 1.82) is 0 Å². The van der Waals surface area contributed by atoms with Crippen LogP contribution in [0.1, 0.15) is 24.5 Å². The highest BCUT2D eigenvalue weighted by Gasteiger charge is 2.16. The smallest absolute Gasteiger partial charge is 0.224 e. The maximum absolute atomic E-state index is 5.82. The average Bonchev–Trinajstić information content (AvgIpc) is 3.41. The van der Waals surface area contributed by atoms with Crippen molar-refractivity contribution in [2.45, 2.75) is 32.4 Å². The fourth-order valence-corrected chi connectivity index (χ4v) is 4.26. The van der Waals surface area contributed by atoms with Gasteiger partial charge in [-0.3, -0.25) is 9.30 Å². The number of hydrogen-bond donors (Lipinski definition) is 2. The lowest BCUT2D eigenvalue weighted by Crippen LogP contribution is -2.24. The molecule has 0 saturated carbocycles. The number of nitrogens with zero attached hydrogens (tertiary/aromatic N) is 6. The topological polar surface area (TPSA) is 97.3 Å². The Morgan fingerprint density at radius 1 is 0.944 bits per heavy atom. The van der Waals surface area contributed by atoms with Crippen LogP contribution in [-0.4, -0.2) is 37.4 Å². The molecule has 182 valence electrons. The lowest BCUT2D eigenvalue weighted by atomic mass is 10.0. The van der Waals surface area contributed by atoms with Gasteiger partial charge in [-0.05, 0) is 30.0 Å². The Labute approximate surface area is 210 Å². The van der Waals surface area contributed by atoms with Crippen LogP contribution in [0.25, 0.3) is 16.9 Å². The van der Waals surface area contributed by atoms with Gasteiger partial charge in [-0.15, -0.1) is 0 Å². The van der Waals surface area contributed by atoms with E-state index in [9.17, 15) is 0 Å². The molecule has 0 bridgehead atoms. The van der Waals surface area contributed by atoms with Crippen LogP contribution in [0.5, 0.6) is 0 Å². The Morgan fingerprint density at radius 3 is 2.58 bits per heavy atom. The molecule has 8 heteroatoms. The number of fused-ring (bicyclic) bond motifs is 1. The van der Waals surface area contributed by atoms with Crippen molar-refractivity contribution in [2.75, 3.05) is 17.3 Å². The van der Waals surface area contributed by atoms with Crippen LogP contribution in [-0.2, 0) is 13.0 Å². The van der Waals surface area contributed by atoms with Crippen LogP contribution in [0.2, 0.25) is 0 Å². The summed E-state index contributed by atoms with van der Waals surface area (Å²) in [5, 5.41) is 3.51. The Bertz CT molecular complexity index is 1450. The highest BCUT2D eigenvalue weighted by molar-refractivity contribution is 5.68. The summed E-state index contributed by atoms with van der Waals surface area (Å²) in [5.41, 5.74) is 10.9. The highest BCUT2D eigenvalue weighted by atomic mass is 15.3. The second-order valence-corrected chi connectivity index (χ2v) is 8.74. The van der Waals surface area contributed by atoms with Crippen molar-refractivity contribution >= 4 is 23.4 Å². The quantitative estimate of drug-likeness (QED) is 0.313. The Kier molecular flexibility index (Phi) is 6.86. The molecule has 0 aliphatic heterocycles. The number of anilines is 3. The Morgan fingerprint density at radius 2 is 1.78 bits per heavy atom. The molecule has 0 amide bonds. The first-order chi connectivity index (χ1) is 17.6. The number of imidazole rings is 1. The van der Waals surface area contributed by atoms with Gasteiger partial charge in [-0.1, -0.05) is 61.5 Å². The summed E-state index contributed by atoms with van der Waals surface area (Å²) in [6, 6.07) is 22.6. The summed E-state index contributed by atoms with van der Waals surface area (Å²) in [6.45, 7) is 2.70. The second-order valence-electron chi connectivity index (χ2n) is 8.74. The highest BCUT2D eigenvalue weighted by Crippen LogP contribution is 2.26. The second kappa shape index (κ2) is 10.5. The van der Waals surface area contributed by atoms with E-state index in [0.717, 1.165) is 47.1 Å². The molecule has 3 N–H and O–H groups in total. The zero-order valence-corrected chi connectivity index (χ0v) is 20.5. The summed E-state index contributed by atoms with van der Waals surface area (Å²) >= 11 is 0. The van der Waals surface area contributed by atoms with Gasteiger partial charge in [-0.25, -0.2) is 15.0 Å². The molecule has 0 aliphatic carbocycles. The molecule has 36 heavy (non-hydrogen) atoms. The molecule has 5 aromatic rings. The lowest BCUT2D eigenvalue weighted by molar-refractivity contribution is 0.682. The molecule has 5 rings (SSSR count). The molecular weight excluding hydrogens is 448 g/mol. The van der Waals surface area contributed by atoms with E-state index in [-0.39, 0.29) is 6.04 Å². The molecule has 0 spiro atoms. The summed E-state index contributed by atoms with van der Waals surface area (Å²) in [6.07, 6.45) is 7.26. The monoisotopic (exact) mass is 478 g/mol. The van der Waals surface area contributed by atoms with Gasteiger partial charge in [0.2, 0.25) is 11.9 Å².